The van der Waals surface area contributed by atoms with Gasteiger partial charge in [-0.1, -0.05) is 54.6 Å². The fraction of sp³-hybridized carbons (Fsp3) is 0.345. The molecule has 0 bridgehead atoms. The summed E-state index contributed by atoms with van der Waals surface area (Å²) >= 11 is 0. The number of methoxy groups -OCH3 is 1. The van der Waals surface area contributed by atoms with Crippen molar-refractivity contribution in [3.05, 3.63) is 89.5 Å². The van der Waals surface area contributed by atoms with E-state index in [9.17, 15) is 8.78 Å². The van der Waals surface area contributed by atoms with E-state index < -0.39 is 12.3 Å². The molecule has 0 saturated carbocycles. The molecule has 1 spiro atoms. The van der Waals surface area contributed by atoms with Gasteiger partial charge < -0.3 is 14.2 Å². The highest BCUT2D eigenvalue weighted by Crippen LogP contribution is 2.53. The third kappa shape index (κ3) is 4.39. The standard InChI is InChI=1S/C29H29F2N3O3/c1-35-26-13-7-11-22-24-18-23(21-10-5-6-12-25(21)36-28(30)31)32-34(24)29(37-27(22)26)14-16-33(17-15-29)19-20-8-3-2-4-9-20/h2-13,24,28H,14-19H2,1H3/t24-/m1/s1. The topological polar surface area (TPSA) is 46.5 Å². The Morgan fingerprint density at radius 1 is 0.973 bits per heavy atom. The molecule has 3 aromatic rings. The van der Waals surface area contributed by atoms with E-state index in [-0.39, 0.29) is 11.8 Å². The van der Waals surface area contributed by atoms with E-state index in [1.165, 1.54) is 5.56 Å². The summed E-state index contributed by atoms with van der Waals surface area (Å²) in [7, 11) is 1.65. The van der Waals surface area contributed by atoms with E-state index in [0.29, 0.717) is 23.4 Å². The summed E-state index contributed by atoms with van der Waals surface area (Å²) in [5, 5.41) is 7.10. The zero-order valence-corrected chi connectivity index (χ0v) is 20.6. The number of piperidine rings is 1. The lowest BCUT2D eigenvalue weighted by atomic mass is 9.90. The van der Waals surface area contributed by atoms with Crippen LogP contribution in [0.3, 0.4) is 0 Å². The van der Waals surface area contributed by atoms with Crippen molar-refractivity contribution in [2.24, 2.45) is 5.10 Å². The van der Waals surface area contributed by atoms with Gasteiger partial charge in [0, 0.05) is 50.0 Å². The summed E-state index contributed by atoms with van der Waals surface area (Å²) in [6.07, 6.45) is 2.06. The Hall–Kier alpha value is -3.65. The van der Waals surface area contributed by atoms with Crippen LogP contribution in [0.25, 0.3) is 0 Å². The number of benzene rings is 3. The molecule has 3 aliphatic heterocycles. The van der Waals surface area contributed by atoms with Gasteiger partial charge in [-0.25, -0.2) is 5.01 Å². The van der Waals surface area contributed by atoms with Gasteiger partial charge in [-0.2, -0.15) is 13.9 Å². The Morgan fingerprint density at radius 2 is 1.70 bits per heavy atom. The Balaban J connectivity index is 1.34. The summed E-state index contributed by atoms with van der Waals surface area (Å²) in [4.78, 5) is 2.43. The van der Waals surface area contributed by atoms with Crippen LogP contribution >= 0.6 is 0 Å². The fourth-order valence-corrected chi connectivity index (χ4v) is 5.73. The van der Waals surface area contributed by atoms with Crippen LogP contribution in [0.5, 0.6) is 17.2 Å². The quantitative estimate of drug-likeness (QED) is 0.422. The second-order valence-electron chi connectivity index (χ2n) is 9.67. The molecule has 0 unspecified atom stereocenters. The molecule has 3 aromatic carbocycles. The summed E-state index contributed by atoms with van der Waals surface area (Å²) in [5.74, 6) is 1.57. The number of hydrogen-bond donors (Lipinski definition) is 0. The average molecular weight is 506 g/mol. The number of likely N-dealkylation sites (tertiary alicyclic amines) is 1. The SMILES string of the molecule is COc1cccc2c1OC1(CCN(Cc3ccccc3)CC1)N1N=C(c3ccccc3OC(F)F)C[C@H]21. The van der Waals surface area contributed by atoms with Gasteiger partial charge in [0.05, 0.1) is 18.9 Å². The molecule has 1 atom stereocenters. The number of nitrogens with zero attached hydrogens (tertiary/aromatic N) is 3. The zero-order valence-electron chi connectivity index (χ0n) is 20.6. The van der Waals surface area contributed by atoms with Crippen LogP contribution in [0.1, 0.15) is 42.0 Å². The molecular formula is C29H29F2N3O3. The highest BCUT2D eigenvalue weighted by molar-refractivity contribution is 6.04. The minimum absolute atomic E-state index is 0.0888. The molecule has 8 heteroatoms. The normalized spacial score (nSPS) is 20.3. The van der Waals surface area contributed by atoms with Crippen LogP contribution in [0.15, 0.2) is 77.9 Å². The molecule has 6 rings (SSSR count). The van der Waals surface area contributed by atoms with Crippen molar-refractivity contribution in [1.82, 2.24) is 9.91 Å². The van der Waals surface area contributed by atoms with Crippen molar-refractivity contribution >= 4 is 5.71 Å². The van der Waals surface area contributed by atoms with Crippen molar-refractivity contribution in [2.75, 3.05) is 20.2 Å². The maximum Gasteiger partial charge on any atom is 0.387 e. The van der Waals surface area contributed by atoms with Gasteiger partial charge in [0.2, 0.25) is 5.72 Å². The number of hydrazone groups is 1. The van der Waals surface area contributed by atoms with Gasteiger partial charge in [-0.15, -0.1) is 0 Å². The van der Waals surface area contributed by atoms with Crippen LogP contribution in [0.4, 0.5) is 8.78 Å². The molecule has 0 amide bonds. The van der Waals surface area contributed by atoms with Gasteiger partial charge in [-0.05, 0) is 23.8 Å². The summed E-state index contributed by atoms with van der Waals surface area (Å²) in [6.45, 7) is -0.330. The number of ether oxygens (including phenoxy) is 3. The average Bonchev–Trinajstić information content (AvgIpc) is 3.37. The fourth-order valence-electron chi connectivity index (χ4n) is 5.73. The lowest BCUT2D eigenvalue weighted by Crippen LogP contribution is -2.59. The van der Waals surface area contributed by atoms with E-state index in [0.717, 1.165) is 43.8 Å². The molecule has 0 N–H and O–H groups in total. The number of rotatable bonds is 6. The molecule has 192 valence electrons. The van der Waals surface area contributed by atoms with Gasteiger partial charge in [0.25, 0.3) is 0 Å². The molecule has 1 fully saturated rings. The molecule has 0 radical (unpaired) electrons. The number of hydrogen-bond acceptors (Lipinski definition) is 6. The van der Waals surface area contributed by atoms with E-state index >= 15 is 0 Å². The Kier molecular flexibility index (Phi) is 6.20. The Morgan fingerprint density at radius 3 is 2.46 bits per heavy atom. The van der Waals surface area contributed by atoms with Gasteiger partial charge in [0.1, 0.15) is 5.75 Å². The highest BCUT2D eigenvalue weighted by Gasteiger charge is 2.52. The second-order valence-corrected chi connectivity index (χ2v) is 9.67. The van der Waals surface area contributed by atoms with Crippen molar-refractivity contribution in [3.63, 3.8) is 0 Å². The number of fused-ring (bicyclic) bond motifs is 4. The van der Waals surface area contributed by atoms with Gasteiger partial charge in [0.15, 0.2) is 11.5 Å². The number of halogens is 2. The number of para-hydroxylation sites is 2. The van der Waals surface area contributed by atoms with Gasteiger partial charge >= 0.3 is 6.61 Å². The second kappa shape index (κ2) is 9.67. The van der Waals surface area contributed by atoms with Crippen molar-refractivity contribution < 1.29 is 23.0 Å². The van der Waals surface area contributed by atoms with E-state index in [1.807, 2.05) is 30.3 Å². The molecule has 3 aliphatic rings. The minimum Gasteiger partial charge on any atom is -0.493 e. The molecular weight excluding hydrogens is 476 g/mol. The lowest BCUT2D eigenvalue weighted by Gasteiger charge is -2.51. The van der Waals surface area contributed by atoms with E-state index in [2.05, 4.69) is 34.2 Å². The Bertz CT molecular complexity index is 1290. The Labute approximate surface area is 215 Å². The predicted molar refractivity (Wildman–Crippen MR) is 136 cm³/mol. The first-order chi connectivity index (χ1) is 18.1. The van der Waals surface area contributed by atoms with Crippen LogP contribution in [0, 0.1) is 0 Å². The van der Waals surface area contributed by atoms with Crippen molar-refractivity contribution in [1.29, 1.82) is 0 Å². The van der Waals surface area contributed by atoms with Gasteiger partial charge in [-0.3, -0.25) is 4.90 Å². The largest absolute Gasteiger partial charge is 0.493 e. The maximum atomic E-state index is 13.1. The molecule has 37 heavy (non-hydrogen) atoms. The first-order valence-corrected chi connectivity index (χ1v) is 12.6. The van der Waals surface area contributed by atoms with Crippen LogP contribution in [-0.2, 0) is 6.54 Å². The minimum atomic E-state index is -2.90. The monoisotopic (exact) mass is 505 g/mol. The molecule has 0 aromatic heterocycles. The third-order valence-corrected chi connectivity index (χ3v) is 7.51. The van der Waals surface area contributed by atoms with E-state index in [1.54, 1.807) is 25.3 Å². The van der Waals surface area contributed by atoms with E-state index in [4.69, 9.17) is 19.3 Å². The first kappa shape index (κ1) is 23.7. The highest BCUT2D eigenvalue weighted by atomic mass is 19.3. The smallest absolute Gasteiger partial charge is 0.387 e. The van der Waals surface area contributed by atoms with Crippen LogP contribution in [0.2, 0.25) is 0 Å². The summed E-state index contributed by atoms with van der Waals surface area (Å²) in [6, 6.07) is 23.1. The zero-order chi connectivity index (χ0) is 25.4. The van der Waals surface area contributed by atoms with Crippen LogP contribution in [-0.4, -0.2) is 48.2 Å². The van der Waals surface area contributed by atoms with Crippen molar-refractivity contribution in [2.45, 2.75) is 44.2 Å². The van der Waals surface area contributed by atoms with Crippen molar-refractivity contribution in [3.8, 4) is 17.2 Å². The lowest BCUT2D eigenvalue weighted by molar-refractivity contribution is -0.151. The van der Waals surface area contributed by atoms with Crippen LogP contribution < -0.4 is 14.2 Å². The maximum absolute atomic E-state index is 13.1. The molecule has 6 nitrogen and oxygen atoms in total. The first-order valence-electron chi connectivity index (χ1n) is 12.6. The molecule has 0 aliphatic carbocycles. The number of alkyl halides is 2. The summed E-state index contributed by atoms with van der Waals surface area (Å²) in [5.41, 5.74) is 2.91. The predicted octanol–water partition coefficient (Wildman–Crippen LogP) is 5.83. The molecule has 1 saturated heterocycles. The third-order valence-electron chi connectivity index (χ3n) is 7.51. The molecule has 3 heterocycles. The summed E-state index contributed by atoms with van der Waals surface area (Å²) < 4.78 is 43.6.